The first-order chi connectivity index (χ1) is 11.9. The molecule has 0 heterocycles. The van der Waals surface area contributed by atoms with E-state index in [4.69, 9.17) is 9.47 Å². The smallest absolute Gasteiger partial charge is 0.0704 e. The van der Waals surface area contributed by atoms with Crippen molar-refractivity contribution in [3.63, 3.8) is 0 Å². The molecule has 4 saturated carbocycles. The highest BCUT2D eigenvalue weighted by Crippen LogP contribution is 2.58. The van der Waals surface area contributed by atoms with Crippen LogP contribution in [0.25, 0.3) is 0 Å². The molecule has 0 spiro atoms. The van der Waals surface area contributed by atoms with Gasteiger partial charge in [0.15, 0.2) is 0 Å². The minimum absolute atomic E-state index is 0.518. The summed E-state index contributed by atoms with van der Waals surface area (Å²) in [6.07, 6.45) is 19.0. The van der Waals surface area contributed by atoms with Crippen LogP contribution in [-0.4, -0.2) is 25.4 Å². The van der Waals surface area contributed by atoms with Gasteiger partial charge in [-0.15, -0.1) is 0 Å². The number of allylic oxidation sites excluding steroid dienone is 4. The van der Waals surface area contributed by atoms with E-state index in [0.29, 0.717) is 12.2 Å². The fourth-order valence-electron chi connectivity index (χ4n) is 7.75. The lowest BCUT2D eigenvalue weighted by Gasteiger charge is -2.32. The number of fused-ring (bicyclic) bond motifs is 10. The molecule has 130 valence electrons. The molecule has 4 bridgehead atoms. The van der Waals surface area contributed by atoms with Crippen molar-refractivity contribution in [3.05, 3.63) is 24.3 Å². The second-order valence-corrected chi connectivity index (χ2v) is 9.42. The largest absolute Gasteiger partial charge is 0.376 e. The average Bonchev–Trinajstić information content (AvgIpc) is 3.40. The lowest BCUT2D eigenvalue weighted by Crippen LogP contribution is -2.33. The van der Waals surface area contributed by atoms with Gasteiger partial charge in [-0.1, -0.05) is 24.3 Å². The van der Waals surface area contributed by atoms with Crippen molar-refractivity contribution in [2.75, 3.05) is 13.2 Å². The Hall–Kier alpha value is -0.600. The molecule has 6 rings (SSSR count). The second kappa shape index (κ2) is 5.45. The summed E-state index contributed by atoms with van der Waals surface area (Å²) in [7, 11) is 0. The minimum Gasteiger partial charge on any atom is -0.376 e. The highest BCUT2D eigenvalue weighted by molar-refractivity contribution is 5.15. The zero-order chi connectivity index (χ0) is 15.7. The molecule has 2 heteroatoms. The molecule has 0 unspecified atom stereocenters. The van der Waals surface area contributed by atoms with E-state index in [-0.39, 0.29) is 0 Å². The highest BCUT2D eigenvalue weighted by Gasteiger charge is 2.54. The lowest BCUT2D eigenvalue weighted by molar-refractivity contribution is -0.0642. The normalized spacial score (nSPS) is 55.7. The molecule has 0 amide bonds. The molecule has 0 saturated heterocycles. The number of hydrogen-bond donors (Lipinski definition) is 0. The molecule has 0 aromatic rings. The van der Waals surface area contributed by atoms with E-state index in [2.05, 4.69) is 24.3 Å². The van der Waals surface area contributed by atoms with E-state index < -0.39 is 0 Å². The first-order valence-corrected chi connectivity index (χ1v) is 10.4. The fraction of sp³-hybridized carbons (Fsp3) is 0.818. The Kier molecular flexibility index (Phi) is 3.30. The third-order valence-electron chi connectivity index (χ3n) is 8.64. The van der Waals surface area contributed by atoms with Gasteiger partial charge in [-0.25, -0.2) is 0 Å². The predicted octanol–water partition coefficient (Wildman–Crippen LogP) is 4.22. The third-order valence-corrected chi connectivity index (χ3v) is 8.64. The molecule has 4 fully saturated rings. The van der Waals surface area contributed by atoms with Gasteiger partial charge in [0.05, 0.1) is 25.4 Å². The van der Waals surface area contributed by atoms with E-state index in [1.807, 2.05) is 0 Å². The fourth-order valence-corrected chi connectivity index (χ4v) is 7.75. The van der Waals surface area contributed by atoms with Crippen molar-refractivity contribution in [2.24, 2.45) is 47.3 Å². The quantitative estimate of drug-likeness (QED) is 0.556. The molecule has 2 nitrogen and oxygen atoms in total. The van der Waals surface area contributed by atoms with Gasteiger partial charge in [0.25, 0.3) is 0 Å². The zero-order valence-electron chi connectivity index (χ0n) is 14.6. The summed E-state index contributed by atoms with van der Waals surface area (Å²) < 4.78 is 12.6. The number of rotatable bonds is 5. The van der Waals surface area contributed by atoms with Gasteiger partial charge >= 0.3 is 0 Å². The van der Waals surface area contributed by atoms with Crippen LogP contribution in [0.3, 0.4) is 0 Å². The Bertz CT molecular complexity index is 516. The Balaban J connectivity index is 0.986. The molecule has 0 N–H and O–H groups in total. The van der Waals surface area contributed by atoms with Crippen LogP contribution in [-0.2, 0) is 9.47 Å². The van der Waals surface area contributed by atoms with Gasteiger partial charge in [-0.05, 0) is 85.9 Å². The standard InChI is InChI=1S/C22H30O2/c1-3-15-13-9-19(17(15)5-1)21(11-13)23-7-8-24-22-12-14-10-20(22)18-6-2-4-16(14)18/h1-2,5-6,13-22H,3-4,7-12H2/t13-,14-,15-,16+,17-,18-,19+,20+,21+,22-/m1/s1. The van der Waals surface area contributed by atoms with Crippen molar-refractivity contribution in [1.82, 2.24) is 0 Å². The topological polar surface area (TPSA) is 18.5 Å². The molecule has 6 aliphatic rings. The summed E-state index contributed by atoms with van der Waals surface area (Å²) in [5.74, 6) is 7.11. The van der Waals surface area contributed by atoms with Crippen LogP contribution in [0.4, 0.5) is 0 Å². The molecule has 0 aliphatic heterocycles. The summed E-state index contributed by atoms with van der Waals surface area (Å²) in [6.45, 7) is 1.62. The number of hydrogen-bond acceptors (Lipinski definition) is 2. The Morgan fingerprint density at radius 3 is 1.62 bits per heavy atom. The SMILES string of the molecule is C1=C[C@@H]2[C@H](C1)[C@@H]1C[C@@H]2[C@@H](OCCO[C@@H]2C[C@H]3C[C@H]2[C@@H]2C=CC[C@@H]32)C1. The molecule has 0 aromatic carbocycles. The Morgan fingerprint density at radius 2 is 1.12 bits per heavy atom. The Labute approximate surface area is 145 Å². The highest BCUT2D eigenvalue weighted by atomic mass is 16.5. The maximum atomic E-state index is 6.30. The monoisotopic (exact) mass is 326 g/mol. The molecular formula is C22H30O2. The first-order valence-electron chi connectivity index (χ1n) is 10.4. The lowest BCUT2D eigenvalue weighted by atomic mass is 9.80. The number of ether oxygens (including phenoxy) is 2. The van der Waals surface area contributed by atoms with Gasteiger partial charge in [0.2, 0.25) is 0 Å². The van der Waals surface area contributed by atoms with Crippen LogP contribution in [0.5, 0.6) is 0 Å². The van der Waals surface area contributed by atoms with Gasteiger partial charge in [-0.2, -0.15) is 0 Å². The van der Waals surface area contributed by atoms with E-state index >= 15 is 0 Å². The molecule has 10 atom stereocenters. The van der Waals surface area contributed by atoms with Crippen molar-refractivity contribution in [3.8, 4) is 0 Å². The van der Waals surface area contributed by atoms with Crippen molar-refractivity contribution in [1.29, 1.82) is 0 Å². The van der Waals surface area contributed by atoms with Crippen LogP contribution >= 0.6 is 0 Å². The van der Waals surface area contributed by atoms with E-state index in [1.54, 1.807) is 0 Å². The van der Waals surface area contributed by atoms with E-state index in [0.717, 1.165) is 60.6 Å². The van der Waals surface area contributed by atoms with Crippen LogP contribution in [0.15, 0.2) is 24.3 Å². The zero-order valence-corrected chi connectivity index (χ0v) is 14.6. The maximum absolute atomic E-state index is 6.30. The van der Waals surface area contributed by atoms with Crippen LogP contribution < -0.4 is 0 Å². The first kappa shape index (κ1) is 14.6. The summed E-state index contributed by atoms with van der Waals surface area (Å²) in [5.41, 5.74) is 0. The van der Waals surface area contributed by atoms with Crippen molar-refractivity contribution in [2.45, 2.75) is 50.7 Å². The molecule has 6 aliphatic carbocycles. The Morgan fingerprint density at radius 1 is 0.625 bits per heavy atom. The van der Waals surface area contributed by atoms with Crippen molar-refractivity contribution < 1.29 is 9.47 Å². The van der Waals surface area contributed by atoms with Crippen LogP contribution in [0, 0.1) is 47.3 Å². The summed E-state index contributed by atoms with van der Waals surface area (Å²) in [5, 5.41) is 0. The average molecular weight is 326 g/mol. The molecule has 0 aromatic heterocycles. The maximum Gasteiger partial charge on any atom is 0.0704 e. The van der Waals surface area contributed by atoms with Crippen molar-refractivity contribution >= 4 is 0 Å². The molecule has 24 heavy (non-hydrogen) atoms. The summed E-state index contributed by atoms with van der Waals surface area (Å²) in [6, 6.07) is 0. The van der Waals surface area contributed by atoms with Gasteiger partial charge < -0.3 is 9.47 Å². The predicted molar refractivity (Wildman–Crippen MR) is 93.4 cm³/mol. The van der Waals surface area contributed by atoms with Crippen LogP contribution in [0.1, 0.15) is 38.5 Å². The van der Waals surface area contributed by atoms with Gasteiger partial charge in [0.1, 0.15) is 0 Å². The van der Waals surface area contributed by atoms with E-state index in [9.17, 15) is 0 Å². The third kappa shape index (κ3) is 2.02. The summed E-state index contributed by atoms with van der Waals surface area (Å²) >= 11 is 0. The van der Waals surface area contributed by atoms with Gasteiger partial charge in [-0.3, -0.25) is 0 Å². The second-order valence-electron chi connectivity index (χ2n) is 9.42. The molecule has 0 radical (unpaired) electrons. The van der Waals surface area contributed by atoms with Gasteiger partial charge in [0, 0.05) is 0 Å². The van der Waals surface area contributed by atoms with E-state index in [1.165, 1.54) is 38.5 Å². The summed E-state index contributed by atoms with van der Waals surface area (Å²) in [4.78, 5) is 0. The van der Waals surface area contributed by atoms with Crippen LogP contribution in [0.2, 0.25) is 0 Å². The molecular weight excluding hydrogens is 296 g/mol. The minimum atomic E-state index is 0.518.